The number of benzene rings is 2. The highest BCUT2D eigenvalue weighted by molar-refractivity contribution is 6.06. The lowest BCUT2D eigenvalue weighted by Crippen LogP contribution is -2.41. The van der Waals surface area contributed by atoms with Crippen LogP contribution in [0.3, 0.4) is 0 Å². The second-order valence-corrected chi connectivity index (χ2v) is 6.38. The van der Waals surface area contributed by atoms with Crippen LogP contribution in [-0.2, 0) is 22.6 Å². The fourth-order valence-electron chi connectivity index (χ4n) is 2.82. The maximum Gasteiger partial charge on any atom is 0.325 e. The number of urea groups is 1. The van der Waals surface area contributed by atoms with E-state index in [0.29, 0.717) is 13.0 Å². The molecule has 6 heteroatoms. The number of hydrogen-bond donors (Lipinski definition) is 2. The summed E-state index contributed by atoms with van der Waals surface area (Å²) in [6.45, 7) is 2.07. The molecule has 134 valence electrons. The van der Waals surface area contributed by atoms with E-state index in [1.54, 1.807) is 0 Å². The Labute approximate surface area is 152 Å². The van der Waals surface area contributed by atoms with Gasteiger partial charge in [-0.25, -0.2) is 4.79 Å². The van der Waals surface area contributed by atoms with Crippen LogP contribution in [0.2, 0.25) is 0 Å². The van der Waals surface area contributed by atoms with Crippen LogP contribution >= 0.6 is 0 Å². The number of carbonyl (C=O) groups is 3. The quantitative estimate of drug-likeness (QED) is 0.779. The van der Waals surface area contributed by atoms with E-state index in [1.165, 1.54) is 0 Å². The maximum atomic E-state index is 12.4. The first kappa shape index (κ1) is 17.7. The summed E-state index contributed by atoms with van der Waals surface area (Å²) in [6, 6.07) is 16.1. The van der Waals surface area contributed by atoms with Gasteiger partial charge in [-0.3, -0.25) is 14.5 Å². The van der Waals surface area contributed by atoms with Gasteiger partial charge in [0.2, 0.25) is 5.91 Å². The topological polar surface area (TPSA) is 78.5 Å². The highest BCUT2D eigenvalue weighted by atomic mass is 16.2. The molecule has 2 N–H and O–H groups in total. The molecule has 0 aliphatic carbocycles. The zero-order valence-electron chi connectivity index (χ0n) is 14.6. The van der Waals surface area contributed by atoms with Crippen molar-refractivity contribution in [2.45, 2.75) is 25.9 Å². The normalized spacial score (nSPS) is 16.5. The Bertz CT molecular complexity index is 803. The van der Waals surface area contributed by atoms with Crippen LogP contribution < -0.4 is 10.6 Å². The number of carbonyl (C=O) groups excluding carboxylic acids is 3. The van der Waals surface area contributed by atoms with Gasteiger partial charge in [-0.1, -0.05) is 60.2 Å². The summed E-state index contributed by atoms with van der Waals surface area (Å²) < 4.78 is 0. The molecule has 26 heavy (non-hydrogen) atoms. The number of nitrogens with zero attached hydrogens (tertiary/aromatic N) is 1. The van der Waals surface area contributed by atoms with E-state index < -0.39 is 12.1 Å². The molecule has 2 aromatic carbocycles. The van der Waals surface area contributed by atoms with Crippen LogP contribution in [0, 0.1) is 6.92 Å². The highest BCUT2D eigenvalue weighted by Gasteiger charge is 2.38. The molecule has 0 saturated carbocycles. The van der Waals surface area contributed by atoms with Crippen molar-refractivity contribution in [1.29, 1.82) is 0 Å². The van der Waals surface area contributed by atoms with Crippen LogP contribution in [0.25, 0.3) is 0 Å². The predicted molar refractivity (Wildman–Crippen MR) is 97.2 cm³/mol. The van der Waals surface area contributed by atoms with Gasteiger partial charge in [0.1, 0.15) is 12.6 Å². The summed E-state index contributed by atoms with van der Waals surface area (Å²) in [6.07, 6.45) is 0.410. The Morgan fingerprint density at radius 3 is 2.42 bits per heavy atom. The summed E-state index contributed by atoms with van der Waals surface area (Å²) >= 11 is 0. The molecule has 1 fully saturated rings. The van der Waals surface area contributed by atoms with Crippen LogP contribution in [0.4, 0.5) is 4.79 Å². The molecule has 4 amide bonds. The lowest BCUT2D eigenvalue weighted by molar-refractivity contribution is -0.132. The highest BCUT2D eigenvalue weighted by Crippen LogP contribution is 2.12. The van der Waals surface area contributed by atoms with Crippen molar-refractivity contribution in [2.75, 3.05) is 6.54 Å². The van der Waals surface area contributed by atoms with Crippen molar-refractivity contribution in [3.8, 4) is 0 Å². The molecule has 1 aliphatic heterocycles. The molecule has 1 saturated heterocycles. The average molecular weight is 351 g/mol. The minimum Gasteiger partial charge on any atom is -0.350 e. The summed E-state index contributed by atoms with van der Waals surface area (Å²) in [5.41, 5.74) is 3.06. The molecule has 3 rings (SSSR count). The molecule has 1 heterocycles. The third kappa shape index (κ3) is 4.27. The summed E-state index contributed by atoms with van der Waals surface area (Å²) in [7, 11) is 0. The molecular weight excluding hydrogens is 330 g/mol. The molecule has 1 atom stereocenters. The Balaban J connectivity index is 1.53. The molecule has 0 bridgehead atoms. The van der Waals surface area contributed by atoms with Crippen molar-refractivity contribution < 1.29 is 14.4 Å². The number of hydrogen-bond acceptors (Lipinski definition) is 3. The number of aryl methyl sites for hydroxylation is 1. The van der Waals surface area contributed by atoms with E-state index in [4.69, 9.17) is 0 Å². The van der Waals surface area contributed by atoms with Gasteiger partial charge in [-0.2, -0.15) is 0 Å². The molecular formula is C20H21N3O3. The van der Waals surface area contributed by atoms with Crippen LogP contribution in [-0.4, -0.2) is 35.3 Å². The van der Waals surface area contributed by atoms with Gasteiger partial charge in [0.05, 0.1) is 0 Å². The molecule has 0 aromatic heterocycles. The lowest BCUT2D eigenvalue weighted by atomic mass is 10.1. The van der Waals surface area contributed by atoms with Crippen LogP contribution in [0.15, 0.2) is 54.6 Å². The summed E-state index contributed by atoms with van der Waals surface area (Å²) in [4.78, 5) is 37.6. The van der Waals surface area contributed by atoms with Crippen molar-refractivity contribution in [1.82, 2.24) is 15.5 Å². The van der Waals surface area contributed by atoms with Gasteiger partial charge >= 0.3 is 6.03 Å². The zero-order chi connectivity index (χ0) is 18.5. The number of amides is 4. The fraction of sp³-hybridized carbons (Fsp3) is 0.250. The number of rotatable bonds is 6. The van der Waals surface area contributed by atoms with E-state index in [1.807, 2.05) is 61.5 Å². The predicted octanol–water partition coefficient (Wildman–Crippen LogP) is 1.77. The van der Waals surface area contributed by atoms with Gasteiger partial charge in [0.15, 0.2) is 0 Å². The Morgan fingerprint density at radius 1 is 1.04 bits per heavy atom. The summed E-state index contributed by atoms with van der Waals surface area (Å²) in [5.74, 6) is -0.737. The van der Waals surface area contributed by atoms with Crippen LogP contribution in [0.1, 0.15) is 16.7 Å². The van der Waals surface area contributed by atoms with Gasteiger partial charge < -0.3 is 10.6 Å². The Hall–Kier alpha value is -3.15. The zero-order valence-corrected chi connectivity index (χ0v) is 14.6. The van der Waals surface area contributed by atoms with Crippen molar-refractivity contribution in [2.24, 2.45) is 0 Å². The monoisotopic (exact) mass is 351 g/mol. The molecule has 6 nitrogen and oxygen atoms in total. The lowest BCUT2D eigenvalue weighted by Gasteiger charge is -2.13. The second-order valence-electron chi connectivity index (χ2n) is 6.38. The molecule has 0 spiro atoms. The van der Waals surface area contributed by atoms with Crippen molar-refractivity contribution in [3.05, 3.63) is 71.3 Å². The minimum atomic E-state index is -0.630. The first-order valence-electron chi connectivity index (χ1n) is 8.51. The molecule has 1 aliphatic rings. The maximum absolute atomic E-state index is 12.4. The summed E-state index contributed by atoms with van der Waals surface area (Å²) in [5, 5.41) is 5.38. The molecule has 2 aromatic rings. The third-order valence-electron chi connectivity index (χ3n) is 4.30. The van der Waals surface area contributed by atoms with E-state index in [9.17, 15) is 14.4 Å². The number of imide groups is 1. The standard InChI is InChI=1S/C20H21N3O3/c1-14-7-9-16(10-8-14)12-21-18(24)13-23-19(25)17(22-20(23)26)11-15-5-3-2-4-6-15/h2-10,17H,11-13H2,1H3,(H,21,24)(H,22,26)/t17-/m1/s1. The largest absolute Gasteiger partial charge is 0.350 e. The Kier molecular flexibility index (Phi) is 5.31. The number of nitrogens with one attached hydrogen (secondary N) is 2. The van der Waals surface area contributed by atoms with Gasteiger partial charge in [-0.15, -0.1) is 0 Å². The van der Waals surface area contributed by atoms with Crippen LogP contribution in [0.5, 0.6) is 0 Å². The van der Waals surface area contributed by atoms with E-state index in [2.05, 4.69) is 10.6 Å². The third-order valence-corrected chi connectivity index (χ3v) is 4.30. The Morgan fingerprint density at radius 2 is 1.73 bits per heavy atom. The SMILES string of the molecule is Cc1ccc(CNC(=O)CN2C(=O)N[C@H](Cc3ccccc3)C2=O)cc1. The fourth-order valence-corrected chi connectivity index (χ4v) is 2.82. The molecule has 0 radical (unpaired) electrons. The van der Waals surface area contributed by atoms with Crippen molar-refractivity contribution in [3.63, 3.8) is 0 Å². The van der Waals surface area contributed by atoms with E-state index >= 15 is 0 Å². The van der Waals surface area contributed by atoms with Gasteiger partial charge in [0.25, 0.3) is 5.91 Å². The first-order chi connectivity index (χ1) is 12.5. The smallest absolute Gasteiger partial charge is 0.325 e. The average Bonchev–Trinajstić information content (AvgIpc) is 2.89. The van der Waals surface area contributed by atoms with Crippen molar-refractivity contribution >= 4 is 17.8 Å². The van der Waals surface area contributed by atoms with Gasteiger partial charge in [0, 0.05) is 13.0 Å². The second kappa shape index (κ2) is 7.82. The van der Waals surface area contributed by atoms with Gasteiger partial charge in [-0.05, 0) is 18.1 Å². The molecule has 0 unspecified atom stereocenters. The minimum absolute atomic E-state index is 0.276. The van der Waals surface area contributed by atoms with E-state index in [-0.39, 0.29) is 18.4 Å². The van der Waals surface area contributed by atoms with E-state index in [0.717, 1.165) is 21.6 Å². The first-order valence-corrected chi connectivity index (χ1v) is 8.51.